The second-order valence-corrected chi connectivity index (χ2v) is 4.30. The Bertz CT molecular complexity index is 676. The molecule has 2 aromatic carbocycles. The van der Waals surface area contributed by atoms with Crippen molar-refractivity contribution in [1.29, 1.82) is 0 Å². The molecule has 92 valence electrons. The van der Waals surface area contributed by atoms with Gasteiger partial charge in [-0.15, -0.1) is 0 Å². The van der Waals surface area contributed by atoms with E-state index in [4.69, 9.17) is 0 Å². The van der Waals surface area contributed by atoms with Gasteiger partial charge in [0.15, 0.2) is 5.82 Å². The minimum atomic E-state index is 0.715. The topological polar surface area (TPSA) is 38.7 Å². The van der Waals surface area contributed by atoms with Gasteiger partial charge in [-0.2, -0.15) is 0 Å². The van der Waals surface area contributed by atoms with Crippen molar-refractivity contribution in [2.75, 3.05) is 0 Å². The fourth-order valence-electron chi connectivity index (χ4n) is 1.96. The van der Waals surface area contributed by atoms with E-state index in [1.54, 1.807) is 6.33 Å². The van der Waals surface area contributed by atoms with Crippen LogP contribution in [0.4, 0.5) is 0 Å². The molecular formula is C16H13N3. The molecule has 0 aliphatic carbocycles. The number of aryl methyl sites for hydroxylation is 1. The molecule has 3 heteroatoms. The molecule has 0 aliphatic heterocycles. The van der Waals surface area contributed by atoms with Gasteiger partial charge in [-0.05, 0) is 18.1 Å². The predicted molar refractivity (Wildman–Crippen MR) is 75.4 cm³/mol. The molecule has 0 bridgehead atoms. The monoisotopic (exact) mass is 247 g/mol. The zero-order valence-electron chi connectivity index (χ0n) is 10.6. The van der Waals surface area contributed by atoms with E-state index in [0.29, 0.717) is 5.82 Å². The van der Waals surface area contributed by atoms with Gasteiger partial charge in [0.05, 0.1) is 0 Å². The highest BCUT2D eigenvalue weighted by Crippen LogP contribution is 2.22. The summed E-state index contributed by atoms with van der Waals surface area (Å²) >= 11 is 0. The first-order valence-corrected chi connectivity index (χ1v) is 6.14. The van der Waals surface area contributed by atoms with Gasteiger partial charge in [0.2, 0.25) is 0 Å². The van der Waals surface area contributed by atoms with Gasteiger partial charge >= 0.3 is 0 Å². The average Bonchev–Trinajstić information content (AvgIpc) is 2.48. The van der Waals surface area contributed by atoms with E-state index in [9.17, 15) is 0 Å². The summed E-state index contributed by atoms with van der Waals surface area (Å²) in [6, 6.07) is 18.6. The minimum Gasteiger partial charge on any atom is -0.222 e. The van der Waals surface area contributed by atoms with Crippen LogP contribution in [0, 0.1) is 6.92 Å². The Morgan fingerprint density at radius 3 is 2.00 bits per heavy atom. The van der Waals surface area contributed by atoms with Crippen molar-refractivity contribution in [2.45, 2.75) is 6.92 Å². The maximum atomic E-state index is 4.32. The van der Waals surface area contributed by atoms with Crippen molar-refractivity contribution in [1.82, 2.24) is 15.0 Å². The molecule has 0 saturated carbocycles. The molecule has 3 nitrogen and oxygen atoms in total. The van der Waals surface area contributed by atoms with E-state index < -0.39 is 0 Å². The molecule has 0 radical (unpaired) electrons. The van der Waals surface area contributed by atoms with Crippen LogP contribution in [0.2, 0.25) is 0 Å². The van der Waals surface area contributed by atoms with E-state index in [-0.39, 0.29) is 0 Å². The molecule has 1 heterocycles. The van der Waals surface area contributed by atoms with E-state index in [2.05, 4.69) is 39.2 Å². The second-order valence-electron chi connectivity index (χ2n) is 4.30. The van der Waals surface area contributed by atoms with Crippen molar-refractivity contribution >= 4 is 0 Å². The Hall–Kier alpha value is -2.55. The summed E-state index contributed by atoms with van der Waals surface area (Å²) in [6.07, 6.45) is 1.54. The summed E-state index contributed by atoms with van der Waals surface area (Å²) in [7, 11) is 0. The lowest BCUT2D eigenvalue weighted by molar-refractivity contribution is 0.983. The number of nitrogens with zero attached hydrogens (tertiary/aromatic N) is 3. The smallest absolute Gasteiger partial charge is 0.162 e. The number of benzene rings is 2. The summed E-state index contributed by atoms with van der Waals surface area (Å²) in [5.41, 5.74) is 3.40. The van der Waals surface area contributed by atoms with Crippen molar-refractivity contribution in [2.24, 2.45) is 0 Å². The predicted octanol–water partition coefficient (Wildman–Crippen LogP) is 3.51. The first kappa shape index (κ1) is 11.5. The van der Waals surface area contributed by atoms with Crippen LogP contribution in [0.5, 0.6) is 0 Å². The molecule has 0 spiro atoms. The van der Waals surface area contributed by atoms with E-state index in [0.717, 1.165) is 11.4 Å². The molecule has 0 atom stereocenters. The summed E-state index contributed by atoms with van der Waals surface area (Å²) in [6.45, 7) is 1.86. The van der Waals surface area contributed by atoms with Gasteiger partial charge in [-0.3, -0.25) is 0 Å². The van der Waals surface area contributed by atoms with Crippen LogP contribution in [0.3, 0.4) is 0 Å². The lowest BCUT2D eigenvalue weighted by Gasteiger charge is -2.04. The van der Waals surface area contributed by atoms with Gasteiger partial charge in [0.1, 0.15) is 12.2 Å². The molecule has 3 rings (SSSR count). The number of hydrogen-bond acceptors (Lipinski definition) is 3. The highest BCUT2D eigenvalue weighted by molar-refractivity contribution is 5.67. The van der Waals surface area contributed by atoms with Crippen LogP contribution < -0.4 is 0 Å². The first-order valence-electron chi connectivity index (χ1n) is 6.14. The number of rotatable bonds is 2. The van der Waals surface area contributed by atoms with Crippen molar-refractivity contribution in [3.05, 3.63) is 66.7 Å². The van der Waals surface area contributed by atoms with Crippen molar-refractivity contribution in [3.63, 3.8) is 0 Å². The van der Waals surface area contributed by atoms with Crippen LogP contribution in [0.25, 0.3) is 22.5 Å². The summed E-state index contributed by atoms with van der Waals surface area (Å²) < 4.78 is 0. The third-order valence-electron chi connectivity index (χ3n) is 2.94. The summed E-state index contributed by atoms with van der Waals surface area (Å²) in [4.78, 5) is 12.5. The Kier molecular flexibility index (Phi) is 3.02. The van der Waals surface area contributed by atoms with E-state index in [1.807, 2.05) is 37.3 Å². The molecule has 0 unspecified atom stereocenters. The number of hydrogen-bond donors (Lipinski definition) is 0. The zero-order valence-corrected chi connectivity index (χ0v) is 10.6. The van der Waals surface area contributed by atoms with Gasteiger partial charge in [-0.25, -0.2) is 15.0 Å². The molecule has 19 heavy (non-hydrogen) atoms. The first-order chi connectivity index (χ1) is 9.33. The normalized spacial score (nSPS) is 10.4. The Morgan fingerprint density at radius 1 is 0.684 bits per heavy atom. The van der Waals surface area contributed by atoms with Crippen molar-refractivity contribution < 1.29 is 0 Å². The summed E-state index contributed by atoms with van der Waals surface area (Å²) in [5.74, 6) is 1.45. The minimum absolute atomic E-state index is 0.715. The molecule has 3 aromatic rings. The third kappa shape index (κ3) is 2.50. The Morgan fingerprint density at radius 2 is 1.32 bits per heavy atom. The lowest BCUT2D eigenvalue weighted by Crippen LogP contribution is -1.93. The van der Waals surface area contributed by atoms with E-state index >= 15 is 0 Å². The van der Waals surface area contributed by atoms with Gasteiger partial charge in [-0.1, -0.05) is 54.6 Å². The molecule has 1 aromatic heterocycles. The standard InChI is InChI=1S/C16H13N3/c1-12-17-11-18-16(19-12)15-9-7-14(8-10-15)13-5-3-2-4-6-13/h2-11H,1H3. The Labute approximate surface area is 112 Å². The van der Waals surface area contributed by atoms with Crippen molar-refractivity contribution in [3.8, 4) is 22.5 Å². The maximum Gasteiger partial charge on any atom is 0.162 e. The molecule has 0 amide bonds. The van der Waals surface area contributed by atoms with Gasteiger partial charge in [0, 0.05) is 5.56 Å². The largest absolute Gasteiger partial charge is 0.222 e. The van der Waals surface area contributed by atoms with Crippen LogP contribution in [0.15, 0.2) is 60.9 Å². The highest BCUT2D eigenvalue weighted by Gasteiger charge is 2.02. The maximum absolute atomic E-state index is 4.32. The molecule has 0 fully saturated rings. The lowest BCUT2D eigenvalue weighted by atomic mass is 10.0. The molecule has 0 N–H and O–H groups in total. The number of aromatic nitrogens is 3. The zero-order chi connectivity index (χ0) is 13.1. The van der Waals surface area contributed by atoms with E-state index in [1.165, 1.54) is 11.1 Å². The fourth-order valence-corrected chi connectivity index (χ4v) is 1.96. The molecular weight excluding hydrogens is 234 g/mol. The third-order valence-corrected chi connectivity index (χ3v) is 2.94. The van der Waals surface area contributed by atoms with Gasteiger partial charge in [0.25, 0.3) is 0 Å². The quantitative estimate of drug-likeness (QED) is 0.695. The van der Waals surface area contributed by atoms with Crippen LogP contribution in [-0.2, 0) is 0 Å². The summed E-state index contributed by atoms with van der Waals surface area (Å²) in [5, 5.41) is 0. The fraction of sp³-hybridized carbons (Fsp3) is 0.0625. The Balaban J connectivity index is 1.95. The van der Waals surface area contributed by atoms with Crippen LogP contribution in [-0.4, -0.2) is 15.0 Å². The highest BCUT2D eigenvalue weighted by atomic mass is 15.0. The van der Waals surface area contributed by atoms with Gasteiger partial charge < -0.3 is 0 Å². The second kappa shape index (κ2) is 4.98. The SMILES string of the molecule is Cc1ncnc(-c2ccc(-c3ccccc3)cc2)n1. The average molecular weight is 247 g/mol. The molecule has 0 aliphatic rings. The molecule has 0 saturated heterocycles. The van der Waals surface area contributed by atoms with Crippen LogP contribution in [0.1, 0.15) is 5.82 Å². The van der Waals surface area contributed by atoms with Crippen LogP contribution >= 0.6 is 0 Å².